The number of hydrogen-bond acceptors (Lipinski definition) is 4. The highest BCUT2D eigenvalue weighted by molar-refractivity contribution is 6.04. The molecular weight excluding hydrogens is 326 g/mol. The Hall–Kier alpha value is -3.80. The van der Waals surface area contributed by atoms with Crippen LogP contribution in [0.1, 0.15) is 10.4 Å². The molecule has 26 heavy (non-hydrogen) atoms. The third-order valence-electron chi connectivity index (χ3n) is 3.91. The molecule has 0 spiro atoms. The van der Waals surface area contributed by atoms with Crippen molar-refractivity contribution < 1.29 is 4.79 Å². The maximum Gasteiger partial charge on any atom is 0.255 e. The second-order valence-corrected chi connectivity index (χ2v) is 5.64. The van der Waals surface area contributed by atoms with Crippen molar-refractivity contribution in [3.05, 3.63) is 91.0 Å². The molecule has 0 aliphatic carbocycles. The zero-order valence-corrected chi connectivity index (χ0v) is 13.8. The molecule has 126 valence electrons. The Morgan fingerprint density at radius 3 is 2.23 bits per heavy atom. The van der Waals surface area contributed by atoms with Gasteiger partial charge in [-0.3, -0.25) is 9.78 Å². The van der Waals surface area contributed by atoms with Crippen LogP contribution in [0.4, 0.5) is 5.69 Å². The summed E-state index contributed by atoms with van der Waals surface area (Å²) in [5.41, 5.74) is 4.15. The Kier molecular flexibility index (Phi) is 4.22. The van der Waals surface area contributed by atoms with Crippen molar-refractivity contribution >= 4 is 11.6 Å². The van der Waals surface area contributed by atoms with Crippen molar-refractivity contribution in [2.75, 3.05) is 5.32 Å². The molecule has 2 aromatic carbocycles. The van der Waals surface area contributed by atoms with Gasteiger partial charge >= 0.3 is 0 Å². The average molecular weight is 341 g/mol. The molecule has 0 aliphatic rings. The van der Waals surface area contributed by atoms with E-state index in [0.29, 0.717) is 11.3 Å². The van der Waals surface area contributed by atoms with E-state index in [1.165, 1.54) is 4.80 Å². The fourth-order valence-corrected chi connectivity index (χ4v) is 2.62. The number of nitrogens with zero attached hydrogens (tertiary/aromatic N) is 4. The molecule has 6 nitrogen and oxygen atoms in total. The van der Waals surface area contributed by atoms with E-state index >= 15 is 0 Å². The van der Waals surface area contributed by atoms with Gasteiger partial charge in [0.05, 0.1) is 18.1 Å². The standard InChI is InChI=1S/C20H15N5O/c26-20(17-6-4-15(5-7-17)16-8-10-21-11-9-16)24-18-2-1-3-19(14-18)25-22-12-13-23-25/h1-14H,(H,24,26). The SMILES string of the molecule is O=C(Nc1cccc(-n2nccn2)c1)c1ccc(-c2ccncc2)cc1. The predicted molar refractivity (Wildman–Crippen MR) is 99.0 cm³/mol. The summed E-state index contributed by atoms with van der Waals surface area (Å²) in [5.74, 6) is -0.170. The molecule has 4 rings (SSSR count). The molecule has 0 unspecified atom stereocenters. The summed E-state index contributed by atoms with van der Waals surface area (Å²) in [4.78, 5) is 18.0. The van der Waals surface area contributed by atoms with E-state index in [0.717, 1.165) is 16.8 Å². The highest BCUT2D eigenvalue weighted by Crippen LogP contribution is 2.20. The van der Waals surface area contributed by atoms with E-state index < -0.39 is 0 Å². The molecular formula is C20H15N5O. The van der Waals surface area contributed by atoms with Gasteiger partial charge in [-0.2, -0.15) is 15.0 Å². The topological polar surface area (TPSA) is 72.7 Å². The van der Waals surface area contributed by atoms with E-state index in [9.17, 15) is 4.79 Å². The maximum atomic E-state index is 12.5. The molecule has 1 N–H and O–H groups in total. The highest BCUT2D eigenvalue weighted by Gasteiger charge is 2.08. The Bertz CT molecular complexity index is 1010. The van der Waals surface area contributed by atoms with Crippen molar-refractivity contribution in [2.24, 2.45) is 0 Å². The first-order valence-electron chi connectivity index (χ1n) is 8.08. The number of benzene rings is 2. The summed E-state index contributed by atoms with van der Waals surface area (Å²) in [6.07, 6.45) is 6.71. The van der Waals surface area contributed by atoms with Crippen LogP contribution in [-0.2, 0) is 0 Å². The van der Waals surface area contributed by atoms with E-state index in [1.807, 2.05) is 60.7 Å². The molecule has 0 saturated heterocycles. The molecule has 4 aromatic rings. The normalized spacial score (nSPS) is 10.5. The van der Waals surface area contributed by atoms with Gasteiger partial charge in [-0.05, 0) is 53.6 Å². The second kappa shape index (κ2) is 6.98. The van der Waals surface area contributed by atoms with Gasteiger partial charge in [0.25, 0.3) is 5.91 Å². The molecule has 2 heterocycles. The Morgan fingerprint density at radius 1 is 0.808 bits per heavy atom. The number of anilines is 1. The van der Waals surface area contributed by atoms with Crippen LogP contribution in [0.2, 0.25) is 0 Å². The van der Waals surface area contributed by atoms with Crippen LogP contribution in [0.25, 0.3) is 16.8 Å². The minimum Gasteiger partial charge on any atom is -0.322 e. The smallest absolute Gasteiger partial charge is 0.255 e. The molecule has 2 aromatic heterocycles. The minimum atomic E-state index is -0.170. The third kappa shape index (κ3) is 3.34. The zero-order valence-electron chi connectivity index (χ0n) is 13.8. The van der Waals surface area contributed by atoms with Crippen LogP contribution >= 0.6 is 0 Å². The van der Waals surface area contributed by atoms with Crippen LogP contribution in [0.15, 0.2) is 85.5 Å². The summed E-state index contributed by atoms with van der Waals surface area (Å²) >= 11 is 0. The van der Waals surface area contributed by atoms with Crippen LogP contribution < -0.4 is 5.32 Å². The van der Waals surface area contributed by atoms with Gasteiger partial charge in [-0.1, -0.05) is 18.2 Å². The average Bonchev–Trinajstić information content (AvgIpc) is 3.24. The first-order chi connectivity index (χ1) is 12.8. The molecule has 0 aliphatic heterocycles. The van der Waals surface area contributed by atoms with Crippen molar-refractivity contribution in [1.82, 2.24) is 20.0 Å². The molecule has 0 saturated carbocycles. The number of carbonyl (C=O) groups excluding carboxylic acids is 1. The molecule has 0 bridgehead atoms. The number of pyridine rings is 1. The van der Waals surface area contributed by atoms with Crippen LogP contribution in [0.5, 0.6) is 0 Å². The van der Waals surface area contributed by atoms with E-state index in [4.69, 9.17) is 0 Å². The molecule has 6 heteroatoms. The molecule has 1 amide bonds. The van der Waals surface area contributed by atoms with Gasteiger partial charge in [0.15, 0.2) is 0 Å². The van der Waals surface area contributed by atoms with Crippen LogP contribution in [-0.4, -0.2) is 25.9 Å². The molecule has 0 radical (unpaired) electrons. The lowest BCUT2D eigenvalue weighted by Gasteiger charge is -2.08. The lowest BCUT2D eigenvalue weighted by Crippen LogP contribution is -2.12. The van der Waals surface area contributed by atoms with Crippen LogP contribution in [0, 0.1) is 0 Å². The number of aromatic nitrogens is 4. The lowest BCUT2D eigenvalue weighted by atomic mass is 10.0. The minimum absolute atomic E-state index is 0.170. The summed E-state index contributed by atoms with van der Waals surface area (Å²) < 4.78 is 0. The zero-order chi connectivity index (χ0) is 17.8. The number of amides is 1. The summed E-state index contributed by atoms with van der Waals surface area (Å²) in [7, 11) is 0. The first-order valence-corrected chi connectivity index (χ1v) is 8.08. The summed E-state index contributed by atoms with van der Waals surface area (Å²) in [6, 6.07) is 18.7. The van der Waals surface area contributed by atoms with Gasteiger partial charge < -0.3 is 5.32 Å². The van der Waals surface area contributed by atoms with Crippen molar-refractivity contribution in [1.29, 1.82) is 0 Å². The maximum absolute atomic E-state index is 12.5. The predicted octanol–water partition coefficient (Wildman–Crippen LogP) is 3.58. The van der Waals surface area contributed by atoms with Gasteiger partial charge in [0.1, 0.15) is 0 Å². The fourth-order valence-electron chi connectivity index (χ4n) is 2.62. The number of carbonyl (C=O) groups is 1. The number of rotatable bonds is 4. The Labute approximate surface area is 150 Å². The van der Waals surface area contributed by atoms with E-state index in [1.54, 1.807) is 24.8 Å². The lowest BCUT2D eigenvalue weighted by molar-refractivity contribution is 0.102. The highest BCUT2D eigenvalue weighted by atomic mass is 16.1. The van der Waals surface area contributed by atoms with Gasteiger partial charge in [0.2, 0.25) is 0 Å². The largest absolute Gasteiger partial charge is 0.322 e. The number of hydrogen-bond donors (Lipinski definition) is 1. The van der Waals surface area contributed by atoms with Gasteiger partial charge in [0, 0.05) is 23.6 Å². The van der Waals surface area contributed by atoms with Crippen molar-refractivity contribution in [3.63, 3.8) is 0 Å². The molecule has 0 fully saturated rings. The van der Waals surface area contributed by atoms with Crippen molar-refractivity contribution in [2.45, 2.75) is 0 Å². The van der Waals surface area contributed by atoms with Crippen molar-refractivity contribution in [3.8, 4) is 16.8 Å². The van der Waals surface area contributed by atoms with Gasteiger partial charge in [-0.15, -0.1) is 0 Å². The third-order valence-corrected chi connectivity index (χ3v) is 3.91. The molecule has 0 atom stereocenters. The second-order valence-electron chi connectivity index (χ2n) is 5.64. The first kappa shape index (κ1) is 15.7. The van der Waals surface area contributed by atoms with Gasteiger partial charge in [-0.25, -0.2) is 0 Å². The Balaban J connectivity index is 1.51. The van der Waals surface area contributed by atoms with Crippen LogP contribution in [0.3, 0.4) is 0 Å². The van der Waals surface area contributed by atoms with E-state index in [-0.39, 0.29) is 5.91 Å². The fraction of sp³-hybridized carbons (Fsp3) is 0. The summed E-state index contributed by atoms with van der Waals surface area (Å²) in [5, 5.41) is 11.1. The Morgan fingerprint density at radius 2 is 1.50 bits per heavy atom. The quantitative estimate of drug-likeness (QED) is 0.616. The summed E-state index contributed by atoms with van der Waals surface area (Å²) in [6.45, 7) is 0. The van der Waals surface area contributed by atoms with E-state index in [2.05, 4.69) is 20.5 Å². The monoisotopic (exact) mass is 341 g/mol. The number of nitrogens with one attached hydrogen (secondary N) is 1.